The molecule has 132 valence electrons. The molecule has 0 saturated carbocycles. The Labute approximate surface area is 156 Å². The summed E-state index contributed by atoms with van der Waals surface area (Å²) in [6.45, 7) is 8.41. The minimum Gasteiger partial charge on any atom is -0.360 e. The van der Waals surface area contributed by atoms with Gasteiger partial charge in [-0.05, 0) is 35.6 Å². The summed E-state index contributed by atoms with van der Waals surface area (Å²) in [6, 6.07) is 0.912. The molecule has 0 saturated heterocycles. The van der Waals surface area contributed by atoms with Crippen molar-refractivity contribution in [1.82, 2.24) is 4.98 Å². The van der Waals surface area contributed by atoms with Crippen molar-refractivity contribution in [1.29, 1.82) is 0 Å². The Kier molecular flexibility index (Phi) is 7.71. The molecule has 10 heteroatoms. The molecule has 1 rings (SSSR count). The number of sulfonamides is 1. The lowest BCUT2D eigenvalue weighted by molar-refractivity contribution is 0.156. The quantitative estimate of drug-likeness (QED) is 0.238. The van der Waals surface area contributed by atoms with Gasteiger partial charge in [-0.2, -0.15) is 0 Å². The number of nitrogens with zero attached hydrogens (tertiary/aromatic N) is 2. The highest BCUT2D eigenvalue weighted by atomic mass is 127. The van der Waals surface area contributed by atoms with E-state index in [1.807, 2.05) is 0 Å². The van der Waals surface area contributed by atoms with Gasteiger partial charge in [0.25, 0.3) is 0 Å². The Hall–Kier alpha value is 0.0269. The summed E-state index contributed by atoms with van der Waals surface area (Å²) in [6.07, 6.45) is 0.962. The van der Waals surface area contributed by atoms with Crippen LogP contribution >= 0.6 is 34.2 Å². The van der Waals surface area contributed by atoms with Gasteiger partial charge in [0.05, 0.1) is 15.5 Å². The van der Waals surface area contributed by atoms with Crippen molar-refractivity contribution in [3.63, 3.8) is 0 Å². The third-order valence-electron chi connectivity index (χ3n) is 3.04. The number of hydrogen-bond acceptors (Lipinski definition) is 4. The molecule has 0 amide bonds. The summed E-state index contributed by atoms with van der Waals surface area (Å²) in [5.74, 6) is -0.726. The first-order valence-corrected chi connectivity index (χ1v) is 13.8. The van der Waals surface area contributed by atoms with E-state index in [0.29, 0.717) is 6.61 Å². The largest absolute Gasteiger partial charge is 0.360 e. The minimum absolute atomic E-state index is 0.00711. The van der Waals surface area contributed by atoms with Crippen LogP contribution in [-0.4, -0.2) is 40.6 Å². The first-order chi connectivity index (χ1) is 10.5. The summed E-state index contributed by atoms with van der Waals surface area (Å²) in [5, 5.41) is -0.0311. The average molecular weight is 495 g/mol. The van der Waals surface area contributed by atoms with Gasteiger partial charge in [0, 0.05) is 14.7 Å². The Morgan fingerprint density at radius 1 is 1.43 bits per heavy atom. The number of anilines is 1. The Balaban J connectivity index is 3.02. The second kappa shape index (κ2) is 8.41. The zero-order valence-electron chi connectivity index (χ0n) is 13.6. The van der Waals surface area contributed by atoms with Crippen molar-refractivity contribution in [2.24, 2.45) is 0 Å². The van der Waals surface area contributed by atoms with E-state index < -0.39 is 23.9 Å². The molecule has 0 N–H and O–H groups in total. The fourth-order valence-electron chi connectivity index (χ4n) is 1.56. The third kappa shape index (κ3) is 6.11. The summed E-state index contributed by atoms with van der Waals surface area (Å²) >= 11 is 7.80. The number of pyridine rings is 1. The van der Waals surface area contributed by atoms with Crippen molar-refractivity contribution in [2.45, 2.75) is 32.6 Å². The Morgan fingerprint density at radius 2 is 2.04 bits per heavy atom. The molecule has 0 spiro atoms. The van der Waals surface area contributed by atoms with Gasteiger partial charge in [-0.15, -0.1) is 0 Å². The molecule has 0 atom stereocenters. The van der Waals surface area contributed by atoms with Gasteiger partial charge >= 0.3 is 0 Å². The van der Waals surface area contributed by atoms with Gasteiger partial charge in [-0.25, -0.2) is 22.1 Å². The molecule has 1 aromatic heterocycles. The third-order valence-corrected chi connectivity index (χ3v) is 8.16. The van der Waals surface area contributed by atoms with Crippen LogP contribution in [-0.2, 0) is 14.8 Å². The number of halogens is 3. The molecule has 23 heavy (non-hydrogen) atoms. The predicted molar refractivity (Wildman–Crippen MR) is 103 cm³/mol. The van der Waals surface area contributed by atoms with Crippen LogP contribution in [0.25, 0.3) is 0 Å². The highest BCUT2D eigenvalue weighted by Crippen LogP contribution is 2.31. The molecule has 1 heterocycles. The zero-order valence-corrected chi connectivity index (χ0v) is 18.3. The van der Waals surface area contributed by atoms with Gasteiger partial charge in [-0.1, -0.05) is 31.2 Å². The van der Waals surface area contributed by atoms with E-state index in [1.54, 1.807) is 22.6 Å². The number of ether oxygens (including phenoxy) is 1. The predicted octanol–water partition coefficient (Wildman–Crippen LogP) is 3.95. The van der Waals surface area contributed by atoms with Crippen molar-refractivity contribution < 1.29 is 17.5 Å². The molecule has 0 radical (unpaired) electrons. The van der Waals surface area contributed by atoms with Crippen LogP contribution < -0.4 is 4.31 Å². The maximum Gasteiger partial charge on any atom is 0.238 e. The molecule has 0 fully saturated rings. The molecule has 0 unspecified atom stereocenters. The lowest BCUT2D eigenvalue weighted by atomic mass is 10.4. The van der Waals surface area contributed by atoms with E-state index >= 15 is 0 Å². The maximum atomic E-state index is 13.5. The van der Waals surface area contributed by atoms with E-state index in [0.717, 1.165) is 16.5 Å². The monoisotopic (exact) mass is 494 g/mol. The second-order valence-electron chi connectivity index (χ2n) is 6.15. The van der Waals surface area contributed by atoms with Crippen LogP contribution in [0.2, 0.25) is 30.7 Å². The van der Waals surface area contributed by atoms with E-state index in [9.17, 15) is 12.8 Å². The zero-order chi connectivity index (χ0) is 17.8. The van der Waals surface area contributed by atoms with Crippen molar-refractivity contribution in [3.8, 4) is 0 Å². The van der Waals surface area contributed by atoms with Crippen molar-refractivity contribution in [3.05, 3.63) is 20.6 Å². The molecule has 1 aromatic rings. The number of hydrogen-bond donors (Lipinski definition) is 0. The molecule has 5 nitrogen and oxygen atoms in total. The van der Waals surface area contributed by atoms with E-state index in [1.165, 1.54) is 6.92 Å². The van der Waals surface area contributed by atoms with Crippen LogP contribution in [0.4, 0.5) is 10.2 Å². The average Bonchev–Trinajstić information content (AvgIpc) is 2.45. The standard InChI is InChI=1S/C13H21ClFIN2O3SSi/c1-5-22(19,20)18(9-21-6-7-23(2,3)4)13-11(14)12(16)10(15)8-17-13/h8H,5-7,9H2,1-4H3. The van der Waals surface area contributed by atoms with Gasteiger partial charge < -0.3 is 4.74 Å². The van der Waals surface area contributed by atoms with E-state index in [2.05, 4.69) is 24.6 Å². The maximum absolute atomic E-state index is 13.5. The Morgan fingerprint density at radius 3 is 2.57 bits per heavy atom. The van der Waals surface area contributed by atoms with Crippen molar-refractivity contribution >= 4 is 58.1 Å². The summed E-state index contributed by atoms with van der Waals surface area (Å²) < 4.78 is 44.7. The molecule has 0 aliphatic heterocycles. The SMILES string of the molecule is CCS(=O)(=O)N(COCC[Si](C)(C)C)c1ncc(F)c(I)c1Cl. The van der Waals surface area contributed by atoms with Crippen LogP contribution in [0.3, 0.4) is 0 Å². The smallest absolute Gasteiger partial charge is 0.238 e. The number of aromatic nitrogens is 1. The van der Waals surface area contributed by atoms with E-state index in [-0.39, 0.29) is 26.9 Å². The summed E-state index contributed by atoms with van der Waals surface area (Å²) in [5.41, 5.74) is 0. The molecule has 0 aliphatic carbocycles. The van der Waals surface area contributed by atoms with Crippen LogP contribution in [0, 0.1) is 9.39 Å². The summed E-state index contributed by atoms with van der Waals surface area (Å²) in [7, 11) is -4.91. The highest BCUT2D eigenvalue weighted by molar-refractivity contribution is 14.1. The lowest BCUT2D eigenvalue weighted by Crippen LogP contribution is -2.36. The van der Waals surface area contributed by atoms with Crippen molar-refractivity contribution in [2.75, 3.05) is 23.4 Å². The molecular formula is C13H21ClFIN2O3SSi. The van der Waals surface area contributed by atoms with Gasteiger partial charge in [0.1, 0.15) is 11.8 Å². The second-order valence-corrected chi connectivity index (χ2v) is 15.4. The molecule has 0 aliphatic rings. The fourth-order valence-corrected chi connectivity index (χ4v) is 3.94. The topological polar surface area (TPSA) is 59.5 Å². The van der Waals surface area contributed by atoms with E-state index in [4.69, 9.17) is 16.3 Å². The van der Waals surface area contributed by atoms with Gasteiger partial charge in [0.15, 0.2) is 11.6 Å². The molecule has 0 bridgehead atoms. The highest BCUT2D eigenvalue weighted by Gasteiger charge is 2.26. The minimum atomic E-state index is -3.63. The van der Waals surface area contributed by atoms with Crippen LogP contribution in [0.5, 0.6) is 0 Å². The normalized spacial score (nSPS) is 12.5. The molecular weight excluding hydrogens is 474 g/mol. The fraction of sp³-hybridized carbons (Fsp3) is 0.615. The van der Waals surface area contributed by atoms with Crippen LogP contribution in [0.15, 0.2) is 6.20 Å². The first kappa shape index (κ1) is 21.1. The van der Waals surface area contributed by atoms with Crippen LogP contribution in [0.1, 0.15) is 6.92 Å². The molecule has 0 aromatic carbocycles. The lowest BCUT2D eigenvalue weighted by Gasteiger charge is -2.24. The summed E-state index contributed by atoms with van der Waals surface area (Å²) in [4.78, 5) is 3.84. The van der Waals surface area contributed by atoms with Gasteiger partial charge in [0.2, 0.25) is 10.0 Å². The first-order valence-electron chi connectivity index (χ1n) is 7.07. The Bertz CT molecular complexity index is 655. The van der Waals surface area contributed by atoms with Gasteiger partial charge in [-0.3, -0.25) is 0 Å². The number of rotatable bonds is 8.